The molecule has 1 saturated carbocycles. The highest BCUT2D eigenvalue weighted by atomic mass is 15.0. The number of nitrogens with zero attached hydrogens (tertiary/aromatic N) is 2. The molecule has 0 atom stereocenters. The number of hydrogen-bond acceptors (Lipinski definition) is 3. The number of nitriles is 1. The van der Waals surface area contributed by atoms with Gasteiger partial charge < -0.3 is 5.32 Å². The first-order valence-corrected chi connectivity index (χ1v) is 7.34. The topological polar surface area (TPSA) is 48.7 Å². The van der Waals surface area contributed by atoms with Crippen molar-refractivity contribution in [2.75, 3.05) is 0 Å². The average Bonchev–Trinajstić information content (AvgIpc) is 2.49. The van der Waals surface area contributed by atoms with Crippen LogP contribution in [0.2, 0.25) is 0 Å². The number of rotatable bonds is 4. The fourth-order valence-electron chi connectivity index (χ4n) is 3.02. The molecule has 1 aromatic carbocycles. The molecule has 1 fully saturated rings. The van der Waals surface area contributed by atoms with E-state index in [1.54, 1.807) is 0 Å². The van der Waals surface area contributed by atoms with Gasteiger partial charge in [0.1, 0.15) is 0 Å². The molecular formula is C18H19N3. The van der Waals surface area contributed by atoms with E-state index in [4.69, 9.17) is 0 Å². The summed E-state index contributed by atoms with van der Waals surface area (Å²) in [5.74, 6) is 0. The first-order valence-electron chi connectivity index (χ1n) is 7.34. The summed E-state index contributed by atoms with van der Waals surface area (Å²) in [6.45, 7) is 2.85. The second-order valence-corrected chi connectivity index (χ2v) is 5.81. The van der Waals surface area contributed by atoms with Gasteiger partial charge in [-0.15, -0.1) is 0 Å². The molecule has 106 valence electrons. The molecule has 0 amide bonds. The van der Waals surface area contributed by atoms with E-state index in [-0.39, 0.29) is 5.41 Å². The van der Waals surface area contributed by atoms with E-state index in [1.165, 1.54) is 5.56 Å². The van der Waals surface area contributed by atoms with Crippen LogP contribution >= 0.6 is 0 Å². The Hall–Kier alpha value is -2.18. The van der Waals surface area contributed by atoms with Gasteiger partial charge in [-0.3, -0.25) is 4.98 Å². The summed E-state index contributed by atoms with van der Waals surface area (Å²) < 4.78 is 0. The minimum absolute atomic E-state index is 0.307. The SMILES string of the molecule is Cc1cccnc1CNC1CC(C#N)(c2ccccc2)C1. The van der Waals surface area contributed by atoms with Crippen molar-refractivity contribution in [1.29, 1.82) is 5.26 Å². The molecular weight excluding hydrogens is 258 g/mol. The van der Waals surface area contributed by atoms with Crippen molar-refractivity contribution in [2.24, 2.45) is 0 Å². The van der Waals surface area contributed by atoms with E-state index in [0.29, 0.717) is 6.04 Å². The Morgan fingerprint density at radius 1 is 1.24 bits per heavy atom. The normalized spacial score (nSPS) is 24.1. The number of pyridine rings is 1. The van der Waals surface area contributed by atoms with Crippen LogP contribution in [0.1, 0.15) is 29.7 Å². The van der Waals surface area contributed by atoms with Crippen LogP contribution in [0.4, 0.5) is 0 Å². The van der Waals surface area contributed by atoms with Crippen LogP contribution in [-0.2, 0) is 12.0 Å². The van der Waals surface area contributed by atoms with Crippen LogP contribution in [-0.4, -0.2) is 11.0 Å². The molecule has 2 aromatic rings. The summed E-state index contributed by atoms with van der Waals surface area (Å²) in [7, 11) is 0. The minimum Gasteiger partial charge on any atom is -0.308 e. The number of nitrogens with one attached hydrogen (secondary N) is 1. The maximum atomic E-state index is 9.55. The number of hydrogen-bond donors (Lipinski definition) is 1. The van der Waals surface area contributed by atoms with Crippen molar-refractivity contribution in [2.45, 2.75) is 37.8 Å². The number of aryl methyl sites for hydroxylation is 1. The third-order valence-corrected chi connectivity index (χ3v) is 4.41. The number of aromatic nitrogens is 1. The molecule has 0 radical (unpaired) electrons. The lowest BCUT2D eigenvalue weighted by Crippen LogP contribution is -2.50. The first-order chi connectivity index (χ1) is 10.2. The van der Waals surface area contributed by atoms with E-state index in [0.717, 1.165) is 30.6 Å². The molecule has 0 saturated heterocycles. The van der Waals surface area contributed by atoms with Gasteiger partial charge in [0.25, 0.3) is 0 Å². The molecule has 3 heteroatoms. The lowest BCUT2D eigenvalue weighted by molar-refractivity contribution is 0.225. The van der Waals surface area contributed by atoms with Crippen molar-refractivity contribution < 1.29 is 0 Å². The number of benzene rings is 1. The summed E-state index contributed by atoms with van der Waals surface area (Å²) in [4.78, 5) is 4.40. The van der Waals surface area contributed by atoms with Crippen molar-refractivity contribution in [3.05, 3.63) is 65.5 Å². The Bertz CT molecular complexity index is 652. The first kappa shape index (κ1) is 13.8. The highest BCUT2D eigenvalue weighted by Crippen LogP contribution is 2.43. The predicted molar refractivity (Wildman–Crippen MR) is 82.6 cm³/mol. The van der Waals surface area contributed by atoms with E-state index in [2.05, 4.69) is 41.5 Å². The Morgan fingerprint density at radius 2 is 2.00 bits per heavy atom. The van der Waals surface area contributed by atoms with Gasteiger partial charge in [0.2, 0.25) is 0 Å². The van der Waals surface area contributed by atoms with Crippen molar-refractivity contribution >= 4 is 0 Å². The molecule has 1 heterocycles. The standard InChI is InChI=1S/C18H19N3/c1-14-6-5-9-20-17(14)12-21-16-10-18(11-16,13-19)15-7-3-2-4-8-15/h2-9,16,21H,10-12H2,1H3. The van der Waals surface area contributed by atoms with E-state index >= 15 is 0 Å². The average molecular weight is 277 g/mol. The van der Waals surface area contributed by atoms with Crippen LogP contribution in [0.3, 0.4) is 0 Å². The molecule has 0 bridgehead atoms. The molecule has 0 aliphatic heterocycles. The van der Waals surface area contributed by atoms with Gasteiger partial charge in [0.15, 0.2) is 0 Å². The predicted octanol–water partition coefficient (Wildman–Crippen LogP) is 3.10. The molecule has 1 aromatic heterocycles. The Kier molecular flexibility index (Phi) is 3.72. The van der Waals surface area contributed by atoms with E-state index in [1.807, 2.05) is 30.5 Å². The van der Waals surface area contributed by atoms with Gasteiger partial charge in [0.05, 0.1) is 17.2 Å². The minimum atomic E-state index is -0.307. The highest BCUT2D eigenvalue weighted by Gasteiger charge is 2.45. The van der Waals surface area contributed by atoms with Crippen LogP contribution in [0.5, 0.6) is 0 Å². The summed E-state index contributed by atoms with van der Waals surface area (Å²) in [5.41, 5.74) is 3.13. The Labute approximate surface area is 125 Å². The van der Waals surface area contributed by atoms with Gasteiger partial charge in [-0.05, 0) is 37.0 Å². The monoisotopic (exact) mass is 277 g/mol. The third kappa shape index (κ3) is 2.68. The zero-order valence-corrected chi connectivity index (χ0v) is 12.2. The van der Waals surface area contributed by atoms with Crippen molar-refractivity contribution in [3.63, 3.8) is 0 Å². The molecule has 1 N–H and O–H groups in total. The molecule has 3 nitrogen and oxygen atoms in total. The van der Waals surface area contributed by atoms with Gasteiger partial charge in [-0.2, -0.15) is 5.26 Å². The lowest BCUT2D eigenvalue weighted by Gasteiger charge is -2.43. The highest BCUT2D eigenvalue weighted by molar-refractivity contribution is 5.37. The maximum Gasteiger partial charge on any atom is 0.0852 e. The fourth-order valence-corrected chi connectivity index (χ4v) is 3.02. The Morgan fingerprint density at radius 3 is 2.67 bits per heavy atom. The van der Waals surface area contributed by atoms with Crippen molar-refractivity contribution in [3.8, 4) is 6.07 Å². The second-order valence-electron chi connectivity index (χ2n) is 5.81. The molecule has 0 unspecified atom stereocenters. The molecule has 1 aliphatic carbocycles. The summed E-state index contributed by atoms with van der Waals surface area (Å²) >= 11 is 0. The fraction of sp³-hybridized carbons (Fsp3) is 0.333. The van der Waals surface area contributed by atoms with Gasteiger partial charge in [-0.1, -0.05) is 36.4 Å². The van der Waals surface area contributed by atoms with E-state index in [9.17, 15) is 5.26 Å². The molecule has 1 aliphatic rings. The summed E-state index contributed by atoms with van der Waals surface area (Å²) in [6, 6.07) is 17.1. The van der Waals surface area contributed by atoms with Gasteiger partial charge in [-0.25, -0.2) is 0 Å². The molecule has 21 heavy (non-hydrogen) atoms. The van der Waals surface area contributed by atoms with Crippen LogP contribution in [0, 0.1) is 18.3 Å². The van der Waals surface area contributed by atoms with Gasteiger partial charge >= 0.3 is 0 Å². The summed E-state index contributed by atoms with van der Waals surface area (Å²) in [6.07, 6.45) is 3.58. The second kappa shape index (κ2) is 5.67. The zero-order valence-electron chi connectivity index (χ0n) is 12.2. The lowest BCUT2D eigenvalue weighted by atomic mass is 9.62. The largest absolute Gasteiger partial charge is 0.308 e. The van der Waals surface area contributed by atoms with Crippen LogP contribution in [0.25, 0.3) is 0 Å². The third-order valence-electron chi connectivity index (χ3n) is 4.41. The molecule has 0 spiro atoms. The quantitative estimate of drug-likeness (QED) is 0.934. The van der Waals surface area contributed by atoms with Crippen molar-refractivity contribution in [1.82, 2.24) is 10.3 Å². The van der Waals surface area contributed by atoms with Crippen LogP contribution < -0.4 is 5.32 Å². The Balaban J connectivity index is 1.61. The smallest absolute Gasteiger partial charge is 0.0852 e. The van der Waals surface area contributed by atoms with Gasteiger partial charge in [0, 0.05) is 18.8 Å². The molecule has 3 rings (SSSR count). The van der Waals surface area contributed by atoms with Crippen LogP contribution in [0.15, 0.2) is 48.7 Å². The maximum absolute atomic E-state index is 9.55. The van der Waals surface area contributed by atoms with E-state index < -0.39 is 0 Å². The zero-order chi connectivity index (χ0) is 14.7. The summed E-state index contributed by atoms with van der Waals surface area (Å²) in [5, 5.41) is 13.1.